The molecule has 1 atom stereocenters. The molecule has 1 heterocycles. The van der Waals surface area contributed by atoms with Crippen LogP contribution in [0.2, 0.25) is 10.0 Å². The van der Waals surface area contributed by atoms with Crippen molar-refractivity contribution in [2.75, 3.05) is 7.05 Å². The van der Waals surface area contributed by atoms with Gasteiger partial charge in [0.05, 0.1) is 10.7 Å². The van der Waals surface area contributed by atoms with Gasteiger partial charge in [0.25, 0.3) is 0 Å². The fourth-order valence-electron chi connectivity index (χ4n) is 1.36. The molecule has 0 aliphatic carbocycles. The number of hydrogen-bond acceptors (Lipinski definition) is 5. The minimum absolute atomic E-state index is 0.159. The molecule has 1 aromatic heterocycles. The standard InChI is InChI=1S/C11H9Cl2N3OS2/c1-14-11(17)10(8-5-18-16-15-8)19-9-4-6(12)2-3-7(9)13/h2-5,10H,1H3,(H,14,17). The zero-order valence-corrected chi connectivity index (χ0v) is 12.9. The summed E-state index contributed by atoms with van der Waals surface area (Å²) in [4.78, 5) is 12.7. The second-order valence-electron chi connectivity index (χ2n) is 3.52. The number of thioether (sulfide) groups is 1. The van der Waals surface area contributed by atoms with Crippen molar-refractivity contribution in [2.45, 2.75) is 10.1 Å². The summed E-state index contributed by atoms with van der Waals surface area (Å²) in [6.45, 7) is 0. The zero-order chi connectivity index (χ0) is 13.8. The lowest BCUT2D eigenvalue weighted by Gasteiger charge is -2.13. The van der Waals surface area contributed by atoms with Gasteiger partial charge in [-0.1, -0.05) is 27.7 Å². The highest BCUT2D eigenvalue weighted by Crippen LogP contribution is 2.39. The van der Waals surface area contributed by atoms with E-state index in [-0.39, 0.29) is 5.91 Å². The molecule has 0 aliphatic heterocycles. The predicted octanol–water partition coefficient (Wildman–Crippen LogP) is 3.42. The number of rotatable bonds is 4. The number of likely N-dealkylation sites (N-methyl/N-ethyl adjacent to an activating group) is 1. The predicted molar refractivity (Wildman–Crippen MR) is 79.0 cm³/mol. The van der Waals surface area contributed by atoms with Crippen molar-refractivity contribution in [1.82, 2.24) is 14.9 Å². The summed E-state index contributed by atoms with van der Waals surface area (Å²) in [5.74, 6) is -0.159. The highest BCUT2D eigenvalue weighted by Gasteiger charge is 2.24. The molecule has 19 heavy (non-hydrogen) atoms. The average molecular weight is 334 g/mol. The van der Waals surface area contributed by atoms with Gasteiger partial charge < -0.3 is 5.32 Å². The first-order chi connectivity index (χ1) is 9.11. The molecule has 2 aromatic rings. The third-order valence-corrected chi connectivity index (χ3v) is 4.75. The summed E-state index contributed by atoms with van der Waals surface area (Å²) in [5.41, 5.74) is 0.602. The molecule has 0 radical (unpaired) electrons. The van der Waals surface area contributed by atoms with Gasteiger partial charge in [-0.3, -0.25) is 4.79 Å². The van der Waals surface area contributed by atoms with Crippen LogP contribution in [0.3, 0.4) is 0 Å². The summed E-state index contributed by atoms with van der Waals surface area (Å²) < 4.78 is 3.78. The Kier molecular flexibility index (Phi) is 5.04. The highest BCUT2D eigenvalue weighted by molar-refractivity contribution is 8.00. The quantitative estimate of drug-likeness (QED) is 0.871. The normalized spacial score (nSPS) is 12.2. The number of hydrogen-bond donors (Lipinski definition) is 1. The lowest BCUT2D eigenvalue weighted by atomic mass is 10.3. The Morgan fingerprint density at radius 3 is 2.89 bits per heavy atom. The zero-order valence-electron chi connectivity index (χ0n) is 9.76. The number of aromatic nitrogens is 2. The molecule has 2 rings (SSSR count). The summed E-state index contributed by atoms with van der Waals surface area (Å²) in [6.07, 6.45) is 0. The van der Waals surface area contributed by atoms with E-state index in [1.165, 1.54) is 23.3 Å². The van der Waals surface area contributed by atoms with E-state index >= 15 is 0 Å². The van der Waals surface area contributed by atoms with Gasteiger partial charge in [-0.05, 0) is 29.7 Å². The van der Waals surface area contributed by atoms with Crippen LogP contribution >= 0.6 is 46.5 Å². The second kappa shape index (κ2) is 6.56. The summed E-state index contributed by atoms with van der Waals surface area (Å²) in [6, 6.07) is 5.13. The van der Waals surface area contributed by atoms with Gasteiger partial charge in [-0.2, -0.15) is 0 Å². The Morgan fingerprint density at radius 1 is 1.47 bits per heavy atom. The van der Waals surface area contributed by atoms with Crippen molar-refractivity contribution >= 4 is 52.4 Å². The van der Waals surface area contributed by atoms with Crippen molar-refractivity contribution < 1.29 is 4.79 Å². The topological polar surface area (TPSA) is 54.9 Å². The van der Waals surface area contributed by atoms with Gasteiger partial charge in [-0.25, -0.2) is 0 Å². The number of benzene rings is 1. The smallest absolute Gasteiger partial charge is 0.239 e. The first kappa shape index (κ1) is 14.6. The Hall–Kier alpha value is -0.820. The lowest BCUT2D eigenvalue weighted by Crippen LogP contribution is -2.24. The van der Waals surface area contributed by atoms with Gasteiger partial charge in [0, 0.05) is 22.3 Å². The molecule has 1 amide bonds. The maximum atomic E-state index is 11.9. The average Bonchev–Trinajstić information content (AvgIpc) is 2.92. The molecule has 100 valence electrons. The van der Waals surface area contributed by atoms with Crippen LogP contribution in [0.4, 0.5) is 0 Å². The van der Waals surface area contributed by atoms with Crippen molar-refractivity contribution in [1.29, 1.82) is 0 Å². The van der Waals surface area contributed by atoms with Crippen LogP contribution in [0.15, 0.2) is 28.5 Å². The van der Waals surface area contributed by atoms with Gasteiger partial charge in [0.15, 0.2) is 0 Å². The molecule has 0 saturated heterocycles. The van der Waals surface area contributed by atoms with E-state index < -0.39 is 5.25 Å². The number of halogens is 2. The van der Waals surface area contributed by atoms with E-state index in [0.717, 1.165) is 4.90 Å². The van der Waals surface area contributed by atoms with Crippen molar-refractivity contribution in [3.63, 3.8) is 0 Å². The third-order valence-electron chi connectivity index (χ3n) is 2.27. The van der Waals surface area contributed by atoms with Crippen LogP contribution in [0.1, 0.15) is 10.9 Å². The van der Waals surface area contributed by atoms with E-state index in [4.69, 9.17) is 23.2 Å². The van der Waals surface area contributed by atoms with Crippen LogP contribution in [-0.2, 0) is 4.79 Å². The molecule has 0 fully saturated rings. The highest BCUT2D eigenvalue weighted by atomic mass is 35.5. The Bertz CT molecular complexity index is 577. The Balaban J connectivity index is 2.30. The summed E-state index contributed by atoms with van der Waals surface area (Å²) >= 11 is 14.5. The largest absolute Gasteiger partial charge is 0.358 e. The van der Waals surface area contributed by atoms with Gasteiger partial charge in [0.1, 0.15) is 5.25 Å². The molecule has 0 spiro atoms. The van der Waals surface area contributed by atoms with E-state index in [9.17, 15) is 4.79 Å². The number of amides is 1. The second-order valence-corrected chi connectivity index (χ2v) is 6.12. The van der Waals surface area contributed by atoms with Crippen LogP contribution in [0.25, 0.3) is 0 Å². The van der Waals surface area contributed by atoms with Gasteiger partial charge >= 0.3 is 0 Å². The molecule has 4 nitrogen and oxygen atoms in total. The monoisotopic (exact) mass is 333 g/mol. The molecule has 0 saturated carbocycles. The molecule has 1 aromatic carbocycles. The maximum absolute atomic E-state index is 11.9. The summed E-state index contributed by atoms with van der Waals surface area (Å²) in [5, 5.41) is 8.91. The molecule has 0 bridgehead atoms. The number of nitrogens with one attached hydrogen (secondary N) is 1. The number of nitrogens with zero attached hydrogens (tertiary/aromatic N) is 2. The molecule has 1 N–H and O–H groups in total. The van der Waals surface area contributed by atoms with Gasteiger partial charge in [0.2, 0.25) is 5.91 Å². The van der Waals surface area contributed by atoms with E-state index in [0.29, 0.717) is 15.7 Å². The fourth-order valence-corrected chi connectivity index (χ4v) is 3.50. The van der Waals surface area contributed by atoms with E-state index in [1.807, 2.05) is 0 Å². The van der Waals surface area contributed by atoms with Crippen LogP contribution in [-0.4, -0.2) is 22.5 Å². The lowest BCUT2D eigenvalue weighted by molar-refractivity contribution is -0.120. The van der Waals surface area contributed by atoms with Gasteiger partial charge in [-0.15, -0.1) is 16.9 Å². The first-order valence-corrected chi connectivity index (χ1v) is 7.69. The number of carbonyl (C=O) groups excluding carboxylic acids is 1. The fraction of sp³-hybridized carbons (Fsp3) is 0.182. The van der Waals surface area contributed by atoms with E-state index in [2.05, 4.69) is 14.9 Å². The third kappa shape index (κ3) is 3.60. The Labute approximate surface area is 128 Å². The molecule has 0 aliphatic rings. The van der Waals surface area contributed by atoms with Crippen LogP contribution in [0, 0.1) is 0 Å². The van der Waals surface area contributed by atoms with Crippen molar-refractivity contribution in [3.8, 4) is 0 Å². The molecular weight excluding hydrogens is 325 g/mol. The molecular formula is C11H9Cl2N3OS2. The van der Waals surface area contributed by atoms with Crippen LogP contribution in [0.5, 0.6) is 0 Å². The van der Waals surface area contributed by atoms with Crippen molar-refractivity contribution in [3.05, 3.63) is 39.3 Å². The molecule has 8 heteroatoms. The minimum atomic E-state index is -0.500. The summed E-state index contributed by atoms with van der Waals surface area (Å²) in [7, 11) is 1.58. The van der Waals surface area contributed by atoms with E-state index in [1.54, 1.807) is 30.6 Å². The molecule has 1 unspecified atom stereocenters. The van der Waals surface area contributed by atoms with Crippen LogP contribution < -0.4 is 5.32 Å². The van der Waals surface area contributed by atoms with Crippen molar-refractivity contribution in [2.24, 2.45) is 0 Å². The first-order valence-electron chi connectivity index (χ1n) is 5.22. The Morgan fingerprint density at radius 2 is 2.26 bits per heavy atom. The minimum Gasteiger partial charge on any atom is -0.358 e. The SMILES string of the molecule is CNC(=O)C(Sc1cc(Cl)ccc1Cl)c1csnn1. The number of carbonyl (C=O) groups is 1. The maximum Gasteiger partial charge on any atom is 0.239 e.